The van der Waals surface area contributed by atoms with E-state index in [0.29, 0.717) is 11.1 Å². The molecule has 1 fully saturated rings. The maximum atomic E-state index is 13.6. The first-order valence-electron chi connectivity index (χ1n) is 13.0. The molecule has 3 amide bonds. The fraction of sp³-hybridized carbons (Fsp3) is 0.207. The average Bonchev–Trinajstić information content (AvgIpc) is 3.03. The predicted molar refractivity (Wildman–Crippen MR) is 147 cm³/mol. The summed E-state index contributed by atoms with van der Waals surface area (Å²) in [6, 6.07) is 13.0. The van der Waals surface area contributed by atoms with Crippen molar-refractivity contribution in [2.24, 2.45) is 7.05 Å². The second-order valence-electron chi connectivity index (χ2n) is 9.56. The molecule has 5 rings (SSSR count). The smallest absolute Gasteiger partial charge is 0.296 e. The lowest BCUT2D eigenvalue weighted by atomic mass is 10.1. The molecule has 0 radical (unpaired) electrons. The number of piperazine rings is 1. The van der Waals surface area contributed by atoms with Gasteiger partial charge in [-0.1, -0.05) is 30.3 Å². The zero-order valence-electron chi connectivity index (χ0n) is 22.5. The van der Waals surface area contributed by atoms with Gasteiger partial charge in [0.1, 0.15) is 23.4 Å². The highest BCUT2D eigenvalue weighted by molar-refractivity contribution is 5.96. The average molecular weight is 572 g/mol. The Balaban J connectivity index is 1.51. The summed E-state index contributed by atoms with van der Waals surface area (Å²) >= 11 is 0. The van der Waals surface area contributed by atoms with Crippen LogP contribution in [0.4, 0.5) is 4.39 Å². The van der Waals surface area contributed by atoms with Gasteiger partial charge in [0.05, 0.1) is 6.20 Å². The van der Waals surface area contributed by atoms with Crippen LogP contribution in [0.1, 0.15) is 48.8 Å². The normalized spacial score (nSPS) is 14.9. The van der Waals surface area contributed by atoms with Crippen molar-refractivity contribution in [2.75, 3.05) is 19.6 Å². The molecule has 1 aliphatic rings. The van der Waals surface area contributed by atoms with Crippen LogP contribution < -0.4 is 10.9 Å². The van der Waals surface area contributed by atoms with Crippen molar-refractivity contribution in [3.8, 4) is 5.75 Å². The highest BCUT2D eigenvalue weighted by atomic mass is 19.1. The standard InChI is InChI=1S/C29H26FN7O5/c1-35-25(34-23(24(38)29(35)42)26(39)33-15-18-7-9-20(30)10-8-18)22-17-36(28(41)21-16-31-11-12-32-21)13-14-37(22)27(40)19-5-3-2-4-6-19/h2-12,16,22,38H,13-15,17H2,1H3,(H,33,39). The van der Waals surface area contributed by atoms with Crippen molar-refractivity contribution in [1.29, 1.82) is 0 Å². The molecule has 1 saturated heterocycles. The van der Waals surface area contributed by atoms with Gasteiger partial charge in [0.2, 0.25) is 5.75 Å². The van der Waals surface area contributed by atoms with E-state index in [4.69, 9.17) is 0 Å². The predicted octanol–water partition coefficient (Wildman–Crippen LogP) is 1.68. The molecule has 2 N–H and O–H groups in total. The third kappa shape index (κ3) is 5.70. The van der Waals surface area contributed by atoms with E-state index in [9.17, 15) is 28.7 Å². The lowest BCUT2D eigenvalue weighted by molar-refractivity contribution is 0.0358. The third-order valence-corrected chi connectivity index (χ3v) is 6.91. The quantitative estimate of drug-likeness (QED) is 0.355. The molecule has 1 unspecified atom stereocenters. The summed E-state index contributed by atoms with van der Waals surface area (Å²) in [6.07, 6.45) is 4.16. The summed E-state index contributed by atoms with van der Waals surface area (Å²) in [6.45, 7) is 0.164. The van der Waals surface area contributed by atoms with E-state index < -0.39 is 40.7 Å². The van der Waals surface area contributed by atoms with Crippen molar-refractivity contribution < 1.29 is 23.9 Å². The monoisotopic (exact) mass is 571 g/mol. The number of carbonyl (C=O) groups is 3. The Morgan fingerprint density at radius 3 is 2.45 bits per heavy atom. The summed E-state index contributed by atoms with van der Waals surface area (Å²) < 4.78 is 14.3. The summed E-state index contributed by atoms with van der Waals surface area (Å²) in [5, 5.41) is 13.1. The van der Waals surface area contributed by atoms with E-state index >= 15 is 0 Å². The van der Waals surface area contributed by atoms with Gasteiger partial charge < -0.3 is 20.2 Å². The van der Waals surface area contributed by atoms with Crippen molar-refractivity contribution in [1.82, 2.24) is 34.6 Å². The molecule has 1 aliphatic heterocycles. The lowest BCUT2D eigenvalue weighted by Gasteiger charge is -2.41. The molecule has 42 heavy (non-hydrogen) atoms. The molecule has 1 atom stereocenters. The van der Waals surface area contributed by atoms with Crippen LogP contribution in [-0.4, -0.2) is 71.8 Å². The number of benzene rings is 2. The molecular weight excluding hydrogens is 545 g/mol. The van der Waals surface area contributed by atoms with Gasteiger partial charge in [-0.25, -0.2) is 14.4 Å². The summed E-state index contributed by atoms with van der Waals surface area (Å²) in [5.74, 6) is -2.96. The maximum absolute atomic E-state index is 13.6. The van der Waals surface area contributed by atoms with E-state index in [-0.39, 0.29) is 43.6 Å². The minimum absolute atomic E-state index is 0.00865. The molecule has 0 spiro atoms. The van der Waals surface area contributed by atoms with Gasteiger partial charge in [-0.3, -0.25) is 28.7 Å². The van der Waals surface area contributed by atoms with E-state index in [1.165, 1.54) is 59.7 Å². The molecule has 2 aromatic heterocycles. The number of nitrogens with one attached hydrogen (secondary N) is 1. The molecule has 0 saturated carbocycles. The Hall–Kier alpha value is -5.46. The number of carbonyl (C=O) groups excluding carboxylic acids is 3. The second-order valence-corrected chi connectivity index (χ2v) is 9.56. The van der Waals surface area contributed by atoms with Gasteiger partial charge in [0.25, 0.3) is 23.3 Å². The molecule has 3 heterocycles. The molecule has 4 aromatic rings. The van der Waals surface area contributed by atoms with Crippen molar-refractivity contribution in [3.63, 3.8) is 0 Å². The topological polar surface area (TPSA) is 151 Å². The molecule has 12 nitrogen and oxygen atoms in total. The molecule has 0 bridgehead atoms. The number of aromatic nitrogens is 4. The molecule has 13 heteroatoms. The number of rotatable bonds is 6. The maximum Gasteiger partial charge on any atom is 0.296 e. The Labute approximate surface area is 239 Å². The first-order valence-corrected chi connectivity index (χ1v) is 13.0. The highest BCUT2D eigenvalue weighted by Crippen LogP contribution is 2.27. The van der Waals surface area contributed by atoms with Gasteiger partial charge in [0.15, 0.2) is 5.69 Å². The van der Waals surface area contributed by atoms with Crippen LogP contribution >= 0.6 is 0 Å². The van der Waals surface area contributed by atoms with Crippen LogP contribution in [0.5, 0.6) is 5.75 Å². The highest BCUT2D eigenvalue weighted by Gasteiger charge is 2.38. The molecular formula is C29H26FN7O5. The second kappa shape index (κ2) is 12.0. The van der Waals surface area contributed by atoms with Crippen LogP contribution in [0.2, 0.25) is 0 Å². The van der Waals surface area contributed by atoms with E-state index in [1.54, 1.807) is 30.3 Å². The van der Waals surface area contributed by atoms with Gasteiger partial charge in [-0.05, 0) is 29.8 Å². The summed E-state index contributed by atoms with van der Waals surface area (Å²) in [4.78, 5) is 68.4. The molecule has 0 aliphatic carbocycles. The number of halogens is 1. The van der Waals surface area contributed by atoms with Crippen LogP contribution in [0.3, 0.4) is 0 Å². The Bertz CT molecular complexity index is 1680. The first kappa shape index (κ1) is 28.1. The van der Waals surface area contributed by atoms with Crippen LogP contribution in [0.25, 0.3) is 0 Å². The van der Waals surface area contributed by atoms with Gasteiger partial charge in [0, 0.05) is 51.2 Å². The lowest BCUT2D eigenvalue weighted by Crippen LogP contribution is -2.53. The van der Waals surface area contributed by atoms with Crippen LogP contribution in [0, 0.1) is 5.82 Å². The number of hydrogen-bond acceptors (Lipinski definition) is 8. The van der Waals surface area contributed by atoms with Crippen molar-refractivity contribution in [3.05, 3.63) is 118 Å². The van der Waals surface area contributed by atoms with Crippen molar-refractivity contribution >= 4 is 17.7 Å². The number of hydrogen-bond donors (Lipinski definition) is 2. The van der Waals surface area contributed by atoms with Crippen LogP contribution in [-0.2, 0) is 13.6 Å². The van der Waals surface area contributed by atoms with Gasteiger partial charge >= 0.3 is 0 Å². The fourth-order valence-corrected chi connectivity index (χ4v) is 4.68. The summed E-state index contributed by atoms with van der Waals surface area (Å²) in [5.41, 5.74) is -0.376. The molecule has 214 valence electrons. The van der Waals surface area contributed by atoms with Gasteiger partial charge in [-0.15, -0.1) is 0 Å². The fourth-order valence-electron chi connectivity index (χ4n) is 4.68. The largest absolute Gasteiger partial charge is 0.501 e. The Morgan fingerprint density at radius 2 is 1.76 bits per heavy atom. The van der Waals surface area contributed by atoms with Gasteiger partial charge in [-0.2, -0.15) is 0 Å². The van der Waals surface area contributed by atoms with E-state index in [0.717, 1.165) is 4.57 Å². The molecule has 2 aromatic carbocycles. The number of amides is 3. The van der Waals surface area contributed by atoms with E-state index in [2.05, 4.69) is 20.3 Å². The first-order chi connectivity index (χ1) is 20.2. The Kier molecular flexibility index (Phi) is 8.00. The zero-order valence-corrected chi connectivity index (χ0v) is 22.5. The third-order valence-electron chi connectivity index (χ3n) is 6.91. The Morgan fingerprint density at radius 1 is 1.02 bits per heavy atom. The van der Waals surface area contributed by atoms with Crippen LogP contribution in [0.15, 0.2) is 78.0 Å². The number of aromatic hydroxyl groups is 1. The zero-order chi connectivity index (χ0) is 29.8. The minimum atomic E-state index is -0.964. The summed E-state index contributed by atoms with van der Waals surface area (Å²) in [7, 11) is 1.36. The SMILES string of the molecule is Cn1c(C2CN(C(=O)c3cnccn3)CCN2C(=O)c2ccccc2)nc(C(=O)NCc2ccc(F)cc2)c(O)c1=O. The minimum Gasteiger partial charge on any atom is -0.501 e. The van der Waals surface area contributed by atoms with Crippen molar-refractivity contribution in [2.45, 2.75) is 12.6 Å². The number of nitrogens with zero attached hydrogens (tertiary/aromatic N) is 6. The van der Waals surface area contributed by atoms with E-state index in [1.807, 2.05) is 0 Å².